The molecule has 4 rings (SSSR count). The monoisotopic (exact) mass is 790 g/mol. The lowest BCUT2D eigenvalue weighted by atomic mass is 9.93. The SMILES string of the molecule is NCC(OC(=O)c1cc(Br)c(Br)[nH]1)C(c1cnc(N)[nH]1)c1[nH]c(N)nc1C=CCNC(=O)c1cc(Br)c(Br)[nH]1. The van der Waals surface area contributed by atoms with E-state index in [0.717, 1.165) is 4.47 Å². The highest BCUT2D eigenvalue weighted by molar-refractivity contribution is 9.13. The molecule has 206 valence electrons. The van der Waals surface area contributed by atoms with Crippen LogP contribution in [0.15, 0.2) is 42.6 Å². The number of halogens is 4. The molecule has 0 bridgehead atoms. The van der Waals surface area contributed by atoms with Crippen LogP contribution in [0.5, 0.6) is 0 Å². The van der Waals surface area contributed by atoms with Gasteiger partial charge in [-0.25, -0.2) is 14.8 Å². The number of nitrogens with one attached hydrogen (secondary N) is 5. The first-order chi connectivity index (χ1) is 18.6. The van der Waals surface area contributed by atoms with E-state index in [0.29, 0.717) is 36.5 Å². The Bertz CT molecular complexity index is 1480. The predicted molar refractivity (Wildman–Crippen MR) is 160 cm³/mol. The molecular formula is C22H22Br4N10O3. The van der Waals surface area contributed by atoms with Gasteiger partial charge in [-0.05, 0) is 81.9 Å². The lowest BCUT2D eigenvalue weighted by molar-refractivity contribution is 0.0273. The standard InChI is InChI=1S/C22H22Br4N10O3/c23-8-4-11(32-17(8)25)19(37)30-3-1-2-10-16(36-22(29)34-10)15(13-7-31-21(28)35-13)14(6-27)39-20(38)12-5-9(24)18(26)33-12/h1-2,4-5,7,14-15,32-33H,3,6,27H2,(H,30,37)(H3,28,31,35)(H3,29,34,36). The zero-order valence-electron chi connectivity index (χ0n) is 19.8. The number of hydrogen-bond donors (Lipinski definition) is 8. The molecule has 0 aliphatic rings. The van der Waals surface area contributed by atoms with E-state index in [4.69, 9.17) is 21.9 Å². The zero-order chi connectivity index (χ0) is 28.3. The van der Waals surface area contributed by atoms with Crippen molar-refractivity contribution < 1.29 is 14.3 Å². The summed E-state index contributed by atoms with van der Waals surface area (Å²) in [6.07, 6.45) is 4.05. The number of imidazole rings is 2. The average molecular weight is 794 g/mol. The number of hydrogen-bond acceptors (Lipinski definition) is 8. The van der Waals surface area contributed by atoms with Crippen molar-refractivity contribution in [2.75, 3.05) is 24.6 Å². The Kier molecular flexibility index (Phi) is 9.37. The third-order valence-corrected chi connectivity index (χ3v) is 9.04. The number of aromatic amines is 4. The lowest BCUT2D eigenvalue weighted by Crippen LogP contribution is -2.34. The Morgan fingerprint density at radius 1 is 1.00 bits per heavy atom. The second-order valence-corrected chi connectivity index (χ2v) is 11.4. The van der Waals surface area contributed by atoms with E-state index in [2.05, 4.69) is 98.9 Å². The predicted octanol–water partition coefficient (Wildman–Crippen LogP) is 3.76. The number of rotatable bonds is 10. The van der Waals surface area contributed by atoms with Crippen LogP contribution in [0.2, 0.25) is 0 Å². The Hall–Kier alpha value is -2.86. The molecule has 17 heteroatoms. The number of esters is 1. The summed E-state index contributed by atoms with van der Waals surface area (Å²) in [5, 5.41) is 2.78. The van der Waals surface area contributed by atoms with Gasteiger partial charge in [0.05, 0.1) is 41.7 Å². The van der Waals surface area contributed by atoms with Crippen molar-refractivity contribution >= 4 is 93.6 Å². The number of H-pyrrole nitrogens is 4. The smallest absolute Gasteiger partial charge is 0.355 e. The van der Waals surface area contributed by atoms with Gasteiger partial charge in [-0.1, -0.05) is 6.08 Å². The molecule has 0 aromatic carbocycles. The molecule has 0 spiro atoms. The number of carbonyl (C=O) groups is 2. The van der Waals surface area contributed by atoms with Crippen LogP contribution in [0.4, 0.5) is 11.9 Å². The van der Waals surface area contributed by atoms with E-state index in [9.17, 15) is 9.59 Å². The van der Waals surface area contributed by atoms with Crippen LogP contribution >= 0.6 is 63.7 Å². The van der Waals surface area contributed by atoms with Crippen molar-refractivity contribution in [1.29, 1.82) is 0 Å². The summed E-state index contributed by atoms with van der Waals surface area (Å²) in [5.74, 6) is -1.30. The minimum atomic E-state index is -0.866. The van der Waals surface area contributed by atoms with E-state index >= 15 is 0 Å². The minimum absolute atomic E-state index is 0.0439. The number of aromatic nitrogens is 6. The summed E-state index contributed by atoms with van der Waals surface area (Å²) in [4.78, 5) is 45.6. The molecule has 0 aliphatic carbocycles. The molecule has 39 heavy (non-hydrogen) atoms. The fourth-order valence-corrected chi connectivity index (χ4v) is 5.06. The van der Waals surface area contributed by atoms with Crippen LogP contribution in [0, 0.1) is 0 Å². The molecule has 0 radical (unpaired) electrons. The second kappa shape index (κ2) is 12.5. The Balaban J connectivity index is 1.58. The maximum Gasteiger partial charge on any atom is 0.355 e. The van der Waals surface area contributed by atoms with Gasteiger partial charge in [-0.2, -0.15) is 0 Å². The molecule has 4 aromatic rings. The fraction of sp³-hybridized carbons (Fsp3) is 0.182. The average Bonchev–Trinajstić information content (AvgIpc) is 3.65. The Morgan fingerprint density at radius 2 is 1.67 bits per heavy atom. The normalized spacial score (nSPS) is 13.1. The molecule has 0 saturated heterocycles. The second-order valence-electron chi connectivity index (χ2n) is 8.10. The third-order valence-electron chi connectivity index (χ3n) is 5.47. The molecule has 1 amide bonds. The molecule has 0 aliphatic heterocycles. The number of carbonyl (C=O) groups excluding carboxylic acids is 2. The number of nitrogens with two attached hydrogens (primary N) is 3. The molecule has 0 fully saturated rings. The Morgan fingerprint density at radius 3 is 2.23 bits per heavy atom. The van der Waals surface area contributed by atoms with Crippen molar-refractivity contribution in [3.8, 4) is 0 Å². The summed E-state index contributed by atoms with van der Waals surface area (Å²) in [6.45, 7) is 0.157. The molecule has 4 heterocycles. The van der Waals surface area contributed by atoms with Crippen LogP contribution < -0.4 is 22.5 Å². The van der Waals surface area contributed by atoms with E-state index in [1.54, 1.807) is 24.3 Å². The molecule has 2 unspecified atom stereocenters. The van der Waals surface area contributed by atoms with Crippen molar-refractivity contribution in [2.45, 2.75) is 12.0 Å². The largest absolute Gasteiger partial charge is 0.455 e. The topological polar surface area (TPSA) is 222 Å². The zero-order valence-corrected chi connectivity index (χ0v) is 26.2. The van der Waals surface area contributed by atoms with Crippen LogP contribution in [0.3, 0.4) is 0 Å². The van der Waals surface area contributed by atoms with Crippen molar-refractivity contribution in [3.05, 3.63) is 71.0 Å². The summed E-state index contributed by atoms with van der Waals surface area (Å²) in [5.41, 5.74) is 20.0. The van der Waals surface area contributed by atoms with Crippen LogP contribution in [-0.2, 0) is 4.74 Å². The van der Waals surface area contributed by atoms with Gasteiger partial charge in [0.15, 0.2) is 11.9 Å². The first kappa shape index (κ1) is 29.1. The molecular weight excluding hydrogens is 772 g/mol. The molecule has 2 atom stereocenters. The highest BCUT2D eigenvalue weighted by Crippen LogP contribution is 2.32. The van der Waals surface area contributed by atoms with Crippen molar-refractivity contribution in [1.82, 2.24) is 35.2 Å². The summed E-state index contributed by atoms with van der Waals surface area (Å²) in [6, 6.07) is 3.25. The van der Waals surface area contributed by atoms with Gasteiger partial charge in [0, 0.05) is 18.8 Å². The Labute approximate surface area is 255 Å². The minimum Gasteiger partial charge on any atom is -0.455 e. The van der Waals surface area contributed by atoms with E-state index in [1.807, 2.05) is 0 Å². The first-order valence-corrected chi connectivity index (χ1v) is 14.3. The van der Waals surface area contributed by atoms with Gasteiger partial charge in [0.25, 0.3) is 5.91 Å². The fourth-order valence-electron chi connectivity index (χ4n) is 3.75. The van der Waals surface area contributed by atoms with Crippen LogP contribution in [0.25, 0.3) is 6.08 Å². The van der Waals surface area contributed by atoms with Crippen LogP contribution in [-0.4, -0.2) is 61.0 Å². The summed E-state index contributed by atoms with van der Waals surface area (Å²) < 4.78 is 8.46. The lowest BCUT2D eigenvalue weighted by Gasteiger charge is -2.25. The van der Waals surface area contributed by atoms with Gasteiger partial charge < -0.3 is 47.2 Å². The molecule has 0 saturated carbocycles. The van der Waals surface area contributed by atoms with Gasteiger partial charge >= 0.3 is 5.97 Å². The highest BCUT2D eigenvalue weighted by Gasteiger charge is 2.33. The number of ether oxygens (including phenoxy) is 1. The number of anilines is 2. The van der Waals surface area contributed by atoms with E-state index in [-0.39, 0.29) is 36.6 Å². The first-order valence-electron chi connectivity index (χ1n) is 11.2. The van der Waals surface area contributed by atoms with Crippen molar-refractivity contribution in [2.24, 2.45) is 5.73 Å². The summed E-state index contributed by atoms with van der Waals surface area (Å²) in [7, 11) is 0. The molecule has 13 nitrogen and oxygen atoms in total. The van der Waals surface area contributed by atoms with Crippen LogP contribution in [0.1, 0.15) is 44.0 Å². The number of nitrogen functional groups attached to an aromatic ring is 2. The maximum absolute atomic E-state index is 12.9. The summed E-state index contributed by atoms with van der Waals surface area (Å²) >= 11 is 13.3. The number of amides is 1. The van der Waals surface area contributed by atoms with Gasteiger partial charge in [-0.3, -0.25) is 4.79 Å². The van der Waals surface area contributed by atoms with Gasteiger partial charge in [-0.15, -0.1) is 0 Å². The van der Waals surface area contributed by atoms with Gasteiger partial charge in [0.2, 0.25) is 0 Å². The van der Waals surface area contributed by atoms with E-state index in [1.165, 1.54) is 6.20 Å². The molecule has 4 aromatic heterocycles. The molecule has 11 N–H and O–H groups in total. The maximum atomic E-state index is 12.9. The van der Waals surface area contributed by atoms with Crippen molar-refractivity contribution in [3.63, 3.8) is 0 Å². The van der Waals surface area contributed by atoms with E-state index < -0.39 is 18.0 Å². The highest BCUT2D eigenvalue weighted by atomic mass is 79.9. The quantitative estimate of drug-likeness (QED) is 0.110. The third kappa shape index (κ3) is 6.84. The number of nitrogens with zero attached hydrogens (tertiary/aromatic N) is 2. The van der Waals surface area contributed by atoms with Gasteiger partial charge in [0.1, 0.15) is 17.5 Å².